The Morgan fingerprint density at radius 2 is 1.89 bits per heavy atom. The summed E-state index contributed by atoms with van der Waals surface area (Å²) in [5.74, 6) is 2.02. The van der Waals surface area contributed by atoms with Crippen molar-refractivity contribution in [2.24, 2.45) is 0 Å². The number of benzene rings is 1. The van der Waals surface area contributed by atoms with Crippen LogP contribution in [0.15, 0.2) is 39.2 Å². The summed E-state index contributed by atoms with van der Waals surface area (Å²) in [6.07, 6.45) is 2.37. The Labute approximate surface area is 159 Å². The summed E-state index contributed by atoms with van der Waals surface area (Å²) in [5, 5.41) is 4.06. The molecule has 1 unspecified atom stereocenters. The molecular weight excluding hydrogens is 340 g/mol. The van der Waals surface area contributed by atoms with E-state index in [0.717, 1.165) is 46.7 Å². The van der Waals surface area contributed by atoms with Crippen molar-refractivity contribution in [1.82, 2.24) is 10.2 Å². The van der Waals surface area contributed by atoms with Gasteiger partial charge in [-0.3, -0.25) is 9.69 Å². The largest absolute Gasteiger partial charge is 0.465 e. The number of carbonyl (C=O) groups excluding carboxylic acids is 1. The van der Waals surface area contributed by atoms with Crippen LogP contribution in [0.4, 0.5) is 0 Å². The summed E-state index contributed by atoms with van der Waals surface area (Å²) in [7, 11) is 0. The number of hydrogen-bond donors (Lipinski definition) is 1. The second-order valence-electron chi connectivity index (χ2n) is 7.47. The van der Waals surface area contributed by atoms with E-state index in [0.29, 0.717) is 12.3 Å². The molecule has 5 heteroatoms. The Balaban J connectivity index is 1.53. The molecule has 1 N–H and O–H groups in total. The number of likely N-dealkylation sites (tertiary alicyclic amines) is 1. The first-order chi connectivity index (χ1) is 13.0. The summed E-state index contributed by atoms with van der Waals surface area (Å²) in [4.78, 5) is 15.2. The zero-order chi connectivity index (χ0) is 19.0. The number of furan rings is 2. The standard InChI is InChI=1S/C22H26N2O3/c1-14-6-8-19-17(12-14)16(3)21(27-19)22(25)23-13-18(24-10-4-5-11-24)20-9-7-15(2)26-20/h6-9,12,18H,4-5,10-11,13H2,1-3H3,(H,23,25). The van der Waals surface area contributed by atoms with Crippen LogP contribution in [0.25, 0.3) is 11.0 Å². The number of rotatable bonds is 5. The van der Waals surface area contributed by atoms with Crippen LogP contribution in [0.2, 0.25) is 0 Å². The van der Waals surface area contributed by atoms with Gasteiger partial charge in [-0.15, -0.1) is 0 Å². The van der Waals surface area contributed by atoms with Crippen molar-refractivity contribution in [2.75, 3.05) is 19.6 Å². The highest BCUT2D eigenvalue weighted by Crippen LogP contribution is 2.28. The molecule has 1 atom stereocenters. The van der Waals surface area contributed by atoms with Gasteiger partial charge < -0.3 is 14.2 Å². The fraction of sp³-hybridized carbons (Fsp3) is 0.409. The first-order valence-corrected chi connectivity index (χ1v) is 9.61. The highest BCUT2D eigenvalue weighted by atomic mass is 16.3. The molecule has 1 fully saturated rings. The minimum absolute atomic E-state index is 0.0529. The second kappa shape index (κ2) is 7.24. The number of nitrogens with one attached hydrogen (secondary N) is 1. The van der Waals surface area contributed by atoms with Gasteiger partial charge in [0.2, 0.25) is 0 Å². The average Bonchev–Trinajstić information content (AvgIpc) is 3.38. The molecule has 4 rings (SSSR count). The molecule has 1 saturated heterocycles. The van der Waals surface area contributed by atoms with E-state index in [1.165, 1.54) is 12.8 Å². The van der Waals surface area contributed by atoms with Gasteiger partial charge in [-0.05, 0) is 71.0 Å². The molecule has 3 heterocycles. The third kappa shape index (κ3) is 3.52. The highest BCUT2D eigenvalue weighted by molar-refractivity contribution is 5.99. The van der Waals surface area contributed by atoms with Gasteiger partial charge in [0.15, 0.2) is 5.76 Å². The molecule has 3 aromatic rings. The Hall–Kier alpha value is -2.53. The average molecular weight is 366 g/mol. The summed E-state index contributed by atoms with van der Waals surface area (Å²) in [5.41, 5.74) is 2.79. The summed E-state index contributed by atoms with van der Waals surface area (Å²) < 4.78 is 11.7. The quantitative estimate of drug-likeness (QED) is 0.721. The molecular formula is C22H26N2O3. The van der Waals surface area contributed by atoms with Crippen LogP contribution in [-0.2, 0) is 0 Å². The fourth-order valence-electron chi connectivity index (χ4n) is 3.92. The zero-order valence-corrected chi connectivity index (χ0v) is 16.2. The van der Waals surface area contributed by atoms with Crippen molar-refractivity contribution in [2.45, 2.75) is 39.7 Å². The minimum Gasteiger partial charge on any atom is -0.465 e. The third-order valence-corrected chi connectivity index (χ3v) is 5.42. The lowest BCUT2D eigenvalue weighted by Gasteiger charge is -2.25. The molecule has 1 aliphatic rings. The van der Waals surface area contributed by atoms with E-state index >= 15 is 0 Å². The van der Waals surface area contributed by atoms with Gasteiger partial charge in [0.1, 0.15) is 17.1 Å². The Morgan fingerprint density at radius 3 is 2.59 bits per heavy atom. The van der Waals surface area contributed by atoms with Crippen LogP contribution in [-0.4, -0.2) is 30.4 Å². The van der Waals surface area contributed by atoms with E-state index in [4.69, 9.17) is 8.83 Å². The van der Waals surface area contributed by atoms with Gasteiger partial charge in [-0.2, -0.15) is 0 Å². The zero-order valence-electron chi connectivity index (χ0n) is 16.2. The van der Waals surface area contributed by atoms with Crippen LogP contribution >= 0.6 is 0 Å². The minimum atomic E-state index is -0.172. The first kappa shape index (κ1) is 17.9. The maximum Gasteiger partial charge on any atom is 0.287 e. The van der Waals surface area contributed by atoms with E-state index in [1.807, 2.05) is 45.0 Å². The van der Waals surface area contributed by atoms with E-state index < -0.39 is 0 Å². The molecule has 0 radical (unpaired) electrons. The number of amides is 1. The van der Waals surface area contributed by atoms with Gasteiger partial charge in [-0.1, -0.05) is 11.6 Å². The SMILES string of the molecule is Cc1ccc2oc(C(=O)NCC(c3ccc(C)o3)N3CCCC3)c(C)c2c1. The third-order valence-electron chi connectivity index (χ3n) is 5.42. The van der Waals surface area contributed by atoms with Crippen LogP contribution in [0.1, 0.15) is 52.1 Å². The predicted molar refractivity (Wildman–Crippen MR) is 105 cm³/mol. The molecule has 1 aliphatic heterocycles. The number of hydrogen-bond acceptors (Lipinski definition) is 4. The fourth-order valence-corrected chi connectivity index (χ4v) is 3.92. The van der Waals surface area contributed by atoms with Crippen molar-refractivity contribution in [3.05, 3.63) is 58.7 Å². The summed E-state index contributed by atoms with van der Waals surface area (Å²) in [6, 6.07) is 10.0. The molecule has 5 nitrogen and oxygen atoms in total. The van der Waals surface area contributed by atoms with E-state index in [9.17, 15) is 4.79 Å². The molecule has 142 valence electrons. The molecule has 2 aromatic heterocycles. The Bertz CT molecular complexity index is 963. The smallest absolute Gasteiger partial charge is 0.287 e. The monoisotopic (exact) mass is 366 g/mol. The number of fused-ring (bicyclic) bond motifs is 1. The molecule has 0 aliphatic carbocycles. The van der Waals surface area contributed by atoms with Crippen LogP contribution in [0.5, 0.6) is 0 Å². The lowest BCUT2D eigenvalue weighted by atomic mass is 10.1. The van der Waals surface area contributed by atoms with E-state index in [2.05, 4.69) is 16.3 Å². The number of nitrogens with zero attached hydrogens (tertiary/aromatic N) is 1. The molecule has 1 aromatic carbocycles. The molecule has 0 bridgehead atoms. The van der Waals surface area contributed by atoms with Crippen molar-refractivity contribution in [3.63, 3.8) is 0 Å². The van der Waals surface area contributed by atoms with Crippen LogP contribution < -0.4 is 5.32 Å². The molecule has 0 spiro atoms. The van der Waals surface area contributed by atoms with Crippen molar-refractivity contribution >= 4 is 16.9 Å². The van der Waals surface area contributed by atoms with Crippen molar-refractivity contribution < 1.29 is 13.6 Å². The van der Waals surface area contributed by atoms with E-state index in [1.54, 1.807) is 0 Å². The van der Waals surface area contributed by atoms with Crippen LogP contribution in [0.3, 0.4) is 0 Å². The Kier molecular flexibility index (Phi) is 4.79. The highest BCUT2D eigenvalue weighted by Gasteiger charge is 2.27. The number of carbonyl (C=O) groups is 1. The maximum absolute atomic E-state index is 12.8. The Morgan fingerprint density at radius 1 is 1.11 bits per heavy atom. The molecule has 1 amide bonds. The van der Waals surface area contributed by atoms with Gasteiger partial charge in [0, 0.05) is 17.5 Å². The summed E-state index contributed by atoms with van der Waals surface area (Å²) >= 11 is 0. The second-order valence-corrected chi connectivity index (χ2v) is 7.47. The lowest BCUT2D eigenvalue weighted by molar-refractivity contribution is 0.0907. The summed E-state index contributed by atoms with van der Waals surface area (Å²) in [6.45, 7) is 8.49. The normalized spacial score (nSPS) is 16.1. The van der Waals surface area contributed by atoms with Crippen molar-refractivity contribution in [3.8, 4) is 0 Å². The van der Waals surface area contributed by atoms with Gasteiger partial charge in [0.25, 0.3) is 5.91 Å². The number of aryl methyl sites for hydroxylation is 3. The van der Waals surface area contributed by atoms with Crippen molar-refractivity contribution in [1.29, 1.82) is 0 Å². The topological polar surface area (TPSA) is 58.6 Å². The van der Waals surface area contributed by atoms with Gasteiger partial charge in [-0.25, -0.2) is 0 Å². The first-order valence-electron chi connectivity index (χ1n) is 9.61. The lowest BCUT2D eigenvalue weighted by Crippen LogP contribution is -2.36. The predicted octanol–water partition coefficient (Wildman–Crippen LogP) is 4.52. The van der Waals surface area contributed by atoms with Gasteiger partial charge in [0.05, 0.1) is 6.04 Å². The molecule has 0 saturated carbocycles. The van der Waals surface area contributed by atoms with Crippen LogP contribution in [0, 0.1) is 20.8 Å². The van der Waals surface area contributed by atoms with Gasteiger partial charge >= 0.3 is 0 Å². The maximum atomic E-state index is 12.8. The van der Waals surface area contributed by atoms with E-state index in [-0.39, 0.29) is 11.9 Å². The molecule has 27 heavy (non-hydrogen) atoms.